The third kappa shape index (κ3) is 3.96. The molecule has 7 heteroatoms. The molecule has 1 aliphatic rings. The Kier molecular flexibility index (Phi) is 4.55. The maximum absolute atomic E-state index is 13.3. The fourth-order valence-corrected chi connectivity index (χ4v) is 2.93. The molecule has 1 fully saturated rings. The number of aliphatic carboxylic acids is 1. The molecule has 0 aliphatic heterocycles. The molecule has 0 amide bonds. The third-order valence-electron chi connectivity index (χ3n) is 3.88. The van der Waals surface area contributed by atoms with Crippen LogP contribution < -0.4 is 11.7 Å². The van der Waals surface area contributed by atoms with Crippen LogP contribution in [0.3, 0.4) is 0 Å². The molecule has 1 aliphatic carbocycles. The summed E-state index contributed by atoms with van der Waals surface area (Å²) >= 11 is 0. The maximum atomic E-state index is 13.3. The summed E-state index contributed by atoms with van der Waals surface area (Å²) < 4.78 is 26.6. The number of benzene rings is 1. The predicted molar refractivity (Wildman–Crippen MR) is 73.0 cm³/mol. The van der Waals surface area contributed by atoms with Crippen molar-refractivity contribution in [1.29, 1.82) is 0 Å². The van der Waals surface area contributed by atoms with Gasteiger partial charge in [0.15, 0.2) is 0 Å². The van der Waals surface area contributed by atoms with Crippen LogP contribution in [0.2, 0.25) is 0 Å². The second kappa shape index (κ2) is 6.05. The minimum Gasteiger partial charge on any atom is -0.481 e. The van der Waals surface area contributed by atoms with Crippen LogP contribution in [0.25, 0.3) is 0 Å². The minimum atomic E-state index is -2.75. The zero-order valence-corrected chi connectivity index (χ0v) is 11.5. The maximum Gasteiger partial charge on any atom is 0.311 e. The van der Waals surface area contributed by atoms with Crippen molar-refractivity contribution < 1.29 is 18.7 Å². The van der Waals surface area contributed by atoms with Crippen LogP contribution >= 0.6 is 0 Å². The number of carboxylic acid groups (broad SMARTS) is 1. The van der Waals surface area contributed by atoms with Crippen molar-refractivity contribution in [1.82, 2.24) is 5.12 Å². The number of halogens is 2. The Morgan fingerprint density at radius 3 is 2.43 bits per heavy atom. The van der Waals surface area contributed by atoms with Crippen LogP contribution in [0.15, 0.2) is 24.3 Å². The molecular formula is C14H19F2N3O2. The number of rotatable bonds is 5. The molecule has 2 unspecified atom stereocenters. The second-order valence-corrected chi connectivity index (χ2v) is 5.59. The van der Waals surface area contributed by atoms with E-state index in [1.54, 1.807) is 24.3 Å². The van der Waals surface area contributed by atoms with Gasteiger partial charge in [-0.05, 0) is 23.5 Å². The van der Waals surface area contributed by atoms with E-state index in [-0.39, 0.29) is 19.3 Å². The Morgan fingerprint density at radius 2 is 2.00 bits per heavy atom. The molecule has 1 aromatic rings. The fraction of sp³-hybridized carbons (Fsp3) is 0.500. The van der Waals surface area contributed by atoms with E-state index in [2.05, 4.69) is 0 Å². The highest BCUT2D eigenvalue weighted by molar-refractivity contribution is 5.76. The Hall–Kier alpha value is -1.57. The highest BCUT2D eigenvalue weighted by Crippen LogP contribution is 2.45. The van der Waals surface area contributed by atoms with Gasteiger partial charge in [-0.25, -0.2) is 8.78 Å². The summed E-state index contributed by atoms with van der Waals surface area (Å²) in [5.41, 5.74) is 1.36. The molecule has 0 heterocycles. The smallest absolute Gasteiger partial charge is 0.311 e. The molecule has 0 spiro atoms. The zero-order chi connectivity index (χ0) is 15.6. The standard InChI is InChI=1S/C14H19F2N3O2/c15-14(16)6-5-11(7-14)12(13(20)21)10-3-1-9(2-4-10)8-19(17)18/h1-4,11-12H,5-8,17-18H2,(H,20,21). The van der Waals surface area contributed by atoms with E-state index in [0.717, 1.165) is 10.7 Å². The van der Waals surface area contributed by atoms with E-state index in [1.165, 1.54) is 0 Å². The Morgan fingerprint density at radius 1 is 1.38 bits per heavy atom. The van der Waals surface area contributed by atoms with Crippen LogP contribution in [-0.4, -0.2) is 22.1 Å². The summed E-state index contributed by atoms with van der Waals surface area (Å²) in [5, 5.41) is 10.4. The summed E-state index contributed by atoms with van der Waals surface area (Å²) in [6.07, 6.45) is -0.384. The highest BCUT2D eigenvalue weighted by Gasteiger charge is 2.45. The van der Waals surface area contributed by atoms with E-state index in [4.69, 9.17) is 11.7 Å². The summed E-state index contributed by atoms with van der Waals surface area (Å²) in [6, 6.07) is 6.72. The van der Waals surface area contributed by atoms with Gasteiger partial charge in [0.1, 0.15) is 0 Å². The Labute approximate surface area is 121 Å². The molecule has 0 saturated heterocycles. The molecule has 21 heavy (non-hydrogen) atoms. The molecule has 116 valence electrons. The van der Waals surface area contributed by atoms with Crippen molar-refractivity contribution in [3.05, 3.63) is 35.4 Å². The van der Waals surface area contributed by atoms with Gasteiger partial charge in [-0.15, -0.1) is 0 Å². The summed E-state index contributed by atoms with van der Waals surface area (Å²) in [4.78, 5) is 11.5. The average molecular weight is 299 g/mol. The average Bonchev–Trinajstić information content (AvgIpc) is 2.71. The lowest BCUT2D eigenvalue weighted by atomic mass is 9.84. The van der Waals surface area contributed by atoms with Crippen LogP contribution in [0.1, 0.15) is 36.3 Å². The Balaban J connectivity index is 2.17. The van der Waals surface area contributed by atoms with Crippen LogP contribution in [0.5, 0.6) is 0 Å². The third-order valence-corrected chi connectivity index (χ3v) is 3.88. The van der Waals surface area contributed by atoms with Gasteiger partial charge in [0.2, 0.25) is 5.92 Å². The molecule has 2 rings (SSSR count). The zero-order valence-electron chi connectivity index (χ0n) is 11.5. The lowest BCUT2D eigenvalue weighted by Crippen LogP contribution is -2.36. The van der Waals surface area contributed by atoms with Gasteiger partial charge in [0.25, 0.3) is 0 Å². The predicted octanol–water partition coefficient (Wildman–Crippen LogP) is 1.84. The van der Waals surface area contributed by atoms with Gasteiger partial charge >= 0.3 is 5.97 Å². The first-order valence-electron chi connectivity index (χ1n) is 6.75. The van der Waals surface area contributed by atoms with Crippen molar-refractivity contribution in [2.45, 2.75) is 37.6 Å². The SMILES string of the molecule is NN(N)Cc1ccc(C(C(=O)O)C2CCC(F)(F)C2)cc1. The minimum absolute atomic E-state index is 0.227. The van der Waals surface area contributed by atoms with Crippen molar-refractivity contribution in [2.24, 2.45) is 17.6 Å². The lowest BCUT2D eigenvalue weighted by molar-refractivity contribution is -0.140. The van der Waals surface area contributed by atoms with Crippen molar-refractivity contribution in [3.63, 3.8) is 0 Å². The summed E-state index contributed by atoms with van der Waals surface area (Å²) in [7, 11) is 0. The number of hydrogen-bond acceptors (Lipinski definition) is 4. The first-order valence-corrected chi connectivity index (χ1v) is 6.75. The lowest BCUT2D eigenvalue weighted by Gasteiger charge is -2.20. The summed E-state index contributed by atoms with van der Waals surface area (Å²) in [5.74, 6) is 5.41. The van der Waals surface area contributed by atoms with E-state index in [0.29, 0.717) is 12.1 Å². The van der Waals surface area contributed by atoms with Gasteiger partial charge in [-0.3, -0.25) is 16.5 Å². The van der Waals surface area contributed by atoms with Gasteiger partial charge in [-0.1, -0.05) is 24.3 Å². The first-order chi connectivity index (χ1) is 9.78. The van der Waals surface area contributed by atoms with Gasteiger partial charge in [-0.2, -0.15) is 5.12 Å². The molecule has 2 atom stereocenters. The van der Waals surface area contributed by atoms with E-state index in [1.807, 2.05) is 0 Å². The topological polar surface area (TPSA) is 92.6 Å². The van der Waals surface area contributed by atoms with Gasteiger partial charge in [0.05, 0.1) is 12.5 Å². The fourth-order valence-electron chi connectivity index (χ4n) is 2.93. The second-order valence-electron chi connectivity index (χ2n) is 5.59. The monoisotopic (exact) mass is 299 g/mol. The number of nitrogens with two attached hydrogens (primary N) is 2. The van der Waals surface area contributed by atoms with E-state index in [9.17, 15) is 18.7 Å². The van der Waals surface area contributed by atoms with Crippen molar-refractivity contribution >= 4 is 5.97 Å². The van der Waals surface area contributed by atoms with Gasteiger partial charge < -0.3 is 5.11 Å². The number of carboxylic acids is 1. The van der Waals surface area contributed by atoms with Crippen LogP contribution in [0, 0.1) is 5.92 Å². The highest BCUT2D eigenvalue weighted by atomic mass is 19.3. The van der Waals surface area contributed by atoms with Crippen LogP contribution in [-0.2, 0) is 11.3 Å². The van der Waals surface area contributed by atoms with Crippen molar-refractivity contribution in [2.75, 3.05) is 0 Å². The molecule has 0 bridgehead atoms. The molecular weight excluding hydrogens is 280 g/mol. The number of hydrazine groups is 2. The molecule has 5 N–H and O–H groups in total. The summed E-state index contributed by atoms with van der Waals surface area (Å²) in [6.45, 7) is 0.319. The molecule has 0 radical (unpaired) electrons. The number of alkyl halides is 2. The molecule has 1 aromatic carbocycles. The number of hydrogen-bond donors (Lipinski definition) is 3. The van der Waals surface area contributed by atoms with Gasteiger partial charge in [0, 0.05) is 12.8 Å². The van der Waals surface area contributed by atoms with Crippen molar-refractivity contribution in [3.8, 4) is 0 Å². The number of nitrogens with zero attached hydrogens (tertiary/aromatic N) is 1. The van der Waals surface area contributed by atoms with Crippen LogP contribution in [0.4, 0.5) is 8.78 Å². The quantitative estimate of drug-likeness (QED) is 0.570. The largest absolute Gasteiger partial charge is 0.481 e. The normalized spacial score (nSPS) is 22.4. The molecule has 0 aromatic heterocycles. The van der Waals surface area contributed by atoms with E-state index >= 15 is 0 Å². The molecule has 1 saturated carbocycles. The molecule has 5 nitrogen and oxygen atoms in total. The van der Waals surface area contributed by atoms with E-state index < -0.39 is 23.7 Å². The Bertz CT molecular complexity index is 505. The number of carbonyl (C=O) groups is 1. The first kappa shape index (κ1) is 15.8.